The van der Waals surface area contributed by atoms with Gasteiger partial charge in [-0.25, -0.2) is 4.79 Å². The number of aliphatic carboxylic acids is 1. The Bertz CT molecular complexity index is 492. The average molecular weight is 311 g/mol. The van der Waals surface area contributed by atoms with Crippen LogP contribution in [0.4, 0.5) is 4.79 Å². The molecule has 1 rings (SSSR count). The third kappa shape index (κ3) is 5.24. The lowest BCUT2D eigenvalue weighted by atomic mass is 10.2. The summed E-state index contributed by atoms with van der Waals surface area (Å²) < 4.78 is 5.11. The normalized spacial score (nSPS) is 17.7. The van der Waals surface area contributed by atoms with Crippen LogP contribution >= 0.6 is 0 Å². The molecule has 22 heavy (non-hydrogen) atoms. The van der Waals surface area contributed by atoms with E-state index in [1.165, 1.54) is 4.90 Å². The summed E-state index contributed by atoms with van der Waals surface area (Å²) in [7, 11) is 0. The number of carboxylic acid groups (broad SMARTS) is 1. The highest BCUT2D eigenvalue weighted by Gasteiger charge is 2.32. The maximum Gasteiger partial charge on any atom is 0.411 e. The molecule has 0 aromatic rings. The molecule has 8 heteroatoms. The van der Waals surface area contributed by atoms with Crippen LogP contribution in [0, 0.1) is 11.3 Å². The molecule has 1 heterocycles. The van der Waals surface area contributed by atoms with E-state index in [2.05, 4.69) is 0 Å². The van der Waals surface area contributed by atoms with E-state index in [-0.39, 0.29) is 0 Å². The van der Waals surface area contributed by atoms with E-state index in [0.29, 0.717) is 13.0 Å². The van der Waals surface area contributed by atoms with Crippen LogP contribution in [0.15, 0.2) is 0 Å². The van der Waals surface area contributed by atoms with Crippen LogP contribution in [0.2, 0.25) is 0 Å². The maximum atomic E-state index is 12.2. The van der Waals surface area contributed by atoms with Crippen LogP contribution < -0.4 is 0 Å². The minimum absolute atomic E-state index is 0.417. The second-order valence-corrected chi connectivity index (χ2v) is 6.10. The van der Waals surface area contributed by atoms with Crippen LogP contribution in [-0.2, 0) is 14.3 Å². The van der Waals surface area contributed by atoms with Gasteiger partial charge in [0.15, 0.2) is 0 Å². The molecule has 1 aliphatic rings. The number of hydrogen-bond acceptors (Lipinski definition) is 5. The fourth-order valence-corrected chi connectivity index (χ4v) is 2.13. The first-order valence-corrected chi connectivity index (χ1v) is 7.03. The number of amides is 2. The monoisotopic (exact) mass is 311 g/mol. The standard InChI is InChI=1S/C14H21N3O5/c1-14(2,3)22-13(21)16(9-12(19)20)8-11(18)17-6-4-5-10(17)7-15/h10H,4-6,8-9H2,1-3H3,(H,19,20). The molecule has 0 aromatic carbocycles. The molecule has 1 saturated heterocycles. The number of likely N-dealkylation sites (tertiary alicyclic amines) is 1. The first-order valence-electron chi connectivity index (χ1n) is 7.03. The summed E-state index contributed by atoms with van der Waals surface area (Å²) in [5, 5.41) is 17.9. The number of rotatable bonds is 4. The third-order valence-corrected chi connectivity index (χ3v) is 3.03. The average Bonchev–Trinajstić information content (AvgIpc) is 2.83. The summed E-state index contributed by atoms with van der Waals surface area (Å²) >= 11 is 0. The molecule has 0 radical (unpaired) electrons. The Hall–Kier alpha value is -2.30. The maximum absolute atomic E-state index is 12.2. The minimum Gasteiger partial charge on any atom is -0.480 e. The number of carbonyl (C=O) groups excluding carboxylic acids is 2. The smallest absolute Gasteiger partial charge is 0.411 e. The molecule has 1 atom stereocenters. The lowest BCUT2D eigenvalue weighted by Gasteiger charge is -2.28. The van der Waals surface area contributed by atoms with Crippen molar-refractivity contribution in [1.29, 1.82) is 5.26 Å². The van der Waals surface area contributed by atoms with Crippen molar-refractivity contribution in [2.24, 2.45) is 0 Å². The first kappa shape index (κ1) is 17.8. The molecule has 0 bridgehead atoms. The van der Waals surface area contributed by atoms with Crippen LogP contribution in [-0.4, -0.2) is 64.2 Å². The summed E-state index contributed by atoms with van der Waals surface area (Å²) in [6.07, 6.45) is 0.444. The Kier molecular flexibility index (Phi) is 5.74. The highest BCUT2D eigenvalue weighted by Crippen LogP contribution is 2.17. The van der Waals surface area contributed by atoms with Gasteiger partial charge in [-0.2, -0.15) is 5.26 Å². The molecule has 1 unspecified atom stereocenters. The molecular weight excluding hydrogens is 290 g/mol. The molecule has 122 valence electrons. The molecule has 1 fully saturated rings. The van der Waals surface area contributed by atoms with E-state index in [9.17, 15) is 14.4 Å². The van der Waals surface area contributed by atoms with Gasteiger partial charge in [0.05, 0.1) is 6.07 Å². The minimum atomic E-state index is -1.24. The van der Waals surface area contributed by atoms with Crippen molar-refractivity contribution in [3.8, 4) is 6.07 Å². The lowest BCUT2D eigenvalue weighted by molar-refractivity contribution is -0.139. The highest BCUT2D eigenvalue weighted by molar-refractivity contribution is 5.85. The molecule has 0 spiro atoms. The van der Waals surface area contributed by atoms with E-state index >= 15 is 0 Å². The number of nitrogens with zero attached hydrogens (tertiary/aromatic N) is 3. The van der Waals surface area contributed by atoms with Gasteiger partial charge < -0.3 is 14.7 Å². The number of carbonyl (C=O) groups is 3. The Labute approximate surface area is 129 Å². The van der Waals surface area contributed by atoms with Gasteiger partial charge in [-0.1, -0.05) is 0 Å². The van der Waals surface area contributed by atoms with Gasteiger partial charge in [0.2, 0.25) is 5.91 Å². The fraction of sp³-hybridized carbons (Fsp3) is 0.714. The topological polar surface area (TPSA) is 111 Å². The van der Waals surface area contributed by atoms with Gasteiger partial charge in [0.1, 0.15) is 24.7 Å². The molecule has 0 saturated carbocycles. The Morgan fingerprint density at radius 3 is 2.50 bits per heavy atom. The second-order valence-electron chi connectivity index (χ2n) is 6.10. The van der Waals surface area contributed by atoms with Crippen LogP contribution in [0.3, 0.4) is 0 Å². The molecule has 1 aliphatic heterocycles. The van der Waals surface area contributed by atoms with Crippen LogP contribution in [0.25, 0.3) is 0 Å². The van der Waals surface area contributed by atoms with E-state index < -0.39 is 42.7 Å². The van der Waals surface area contributed by atoms with Crippen molar-refractivity contribution < 1.29 is 24.2 Å². The van der Waals surface area contributed by atoms with E-state index in [0.717, 1.165) is 11.3 Å². The number of carboxylic acids is 1. The lowest BCUT2D eigenvalue weighted by Crippen LogP contribution is -2.47. The highest BCUT2D eigenvalue weighted by atomic mass is 16.6. The van der Waals surface area contributed by atoms with Crippen molar-refractivity contribution in [1.82, 2.24) is 9.80 Å². The van der Waals surface area contributed by atoms with Gasteiger partial charge in [0, 0.05) is 6.54 Å². The number of hydrogen-bond donors (Lipinski definition) is 1. The van der Waals surface area contributed by atoms with Crippen molar-refractivity contribution in [3.63, 3.8) is 0 Å². The van der Waals surface area contributed by atoms with Crippen LogP contribution in [0.5, 0.6) is 0 Å². The Balaban J connectivity index is 2.76. The second kappa shape index (κ2) is 7.11. The summed E-state index contributed by atoms with van der Waals surface area (Å²) in [5.74, 6) is -1.69. The van der Waals surface area contributed by atoms with Gasteiger partial charge >= 0.3 is 12.1 Å². The molecule has 1 N–H and O–H groups in total. The summed E-state index contributed by atoms with van der Waals surface area (Å²) in [4.78, 5) is 37.3. The molecule has 2 amide bonds. The number of nitriles is 1. The van der Waals surface area contributed by atoms with E-state index in [1.54, 1.807) is 20.8 Å². The zero-order valence-electron chi connectivity index (χ0n) is 13.0. The zero-order chi connectivity index (χ0) is 16.9. The van der Waals surface area contributed by atoms with Gasteiger partial charge in [-0.3, -0.25) is 14.5 Å². The largest absolute Gasteiger partial charge is 0.480 e. The summed E-state index contributed by atoms with van der Waals surface area (Å²) in [6, 6.07) is 1.51. The SMILES string of the molecule is CC(C)(C)OC(=O)N(CC(=O)O)CC(=O)N1CCCC1C#N. The van der Waals surface area contributed by atoms with E-state index in [4.69, 9.17) is 15.1 Å². The third-order valence-electron chi connectivity index (χ3n) is 3.03. The molecular formula is C14H21N3O5. The first-order chi connectivity index (χ1) is 10.1. The van der Waals surface area contributed by atoms with Crippen molar-refractivity contribution >= 4 is 18.0 Å². The van der Waals surface area contributed by atoms with Crippen molar-refractivity contribution in [2.45, 2.75) is 45.3 Å². The van der Waals surface area contributed by atoms with Gasteiger partial charge in [0.25, 0.3) is 0 Å². The van der Waals surface area contributed by atoms with Crippen molar-refractivity contribution in [3.05, 3.63) is 0 Å². The zero-order valence-corrected chi connectivity index (χ0v) is 13.0. The van der Waals surface area contributed by atoms with Crippen molar-refractivity contribution in [2.75, 3.05) is 19.6 Å². The predicted octanol–water partition coefficient (Wildman–Crippen LogP) is 0.823. The van der Waals surface area contributed by atoms with Crippen LogP contribution in [0.1, 0.15) is 33.6 Å². The predicted molar refractivity (Wildman–Crippen MR) is 75.8 cm³/mol. The van der Waals surface area contributed by atoms with Gasteiger partial charge in [-0.05, 0) is 33.6 Å². The molecule has 0 aromatic heterocycles. The number of ether oxygens (including phenoxy) is 1. The molecule has 8 nitrogen and oxygen atoms in total. The van der Waals surface area contributed by atoms with E-state index in [1.807, 2.05) is 6.07 Å². The quantitative estimate of drug-likeness (QED) is 0.823. The summed E-state index contributed by atoms with van der Waals surface area (Å²) in [6.45, 7) is 4.34. The molecule has 0 aliphatic carbocycles. The van der Waals surface area contributed by atoms with Gasteiger partial charge in [-0.15, -0.1) is 0 Å². The summed E-state index contributed by atoms with van der Waals surface area (Å²) in [5.41, 5.74) is -0.792. The Morgan fingerprint density at radius 2 is 2.00 bits per heavy atom. The fourth-order valence-electron chi connectivity index (χ4n) is 2.13. The Morgan fingerprint density at radius 1 is 1.36 bits per heavy atom.